The van der Waals surface area contributed by atoms with Gasteiger partial charge < -0.3 is 0 Å². The first-order valence-corrected chi connectivity index (χ1v) is 17.4. The Morgan fingerprint density at radius 2 is 0.758 bits per heavy atom. The monoisotopic (exact) mass is 674 g/mol. The number of carbonyl (C=O) groups is 2. The Morgan fingerprint density at radius 1 is 0.515 bits per heavy atom. The molecule has 0 radical (unpaired) electrons. The molecule has 0 saturated carbocycles. The third kappa shape index (κ3) is 5.23. The van der Waals surface area contributed by atoms with E-state index in [0.29, 0.717) is 10.5 Å². The van der Waals surface area contributed by atoms with E-state index in [9.17, 15) is 9.59 Å². The van der Waals surface area contributed by atoms with Crippen molar-refractivity contribution in [3.05, 3.63) is 91.0 Å². The molecule has 3 rings (SSSR count). The van der Waals surface area contributed by atoms with Crippen LogP contribution in [0.3, 0.4) is 0 Å². The zero-order valence-electron chi connectivity index (χ0n) is 16.5. The summed E-state index contributed by atoms with van der Waals surface area (Å²) in [6, 6.07) is 25.3. The minimum absolute atomic E-state index is 0.368. The molecule has 0 unspecified atom stereocenters. The molecule has 0 aliphatic rings. The van der Waals surface area contributed by atoms with Gasteiger partial charge in [0.05, 0.1) is 0 Å². The summed E-state index contributed by atoms with van der Waals surface area (Å²) in [4.78, 5) is 26.4. The van der Waals surface area contributed by atoms with Crippen molar-refractivity contribution in [2.45, 2.75) is 7.59 Å². The van der Waals surface area contributed by atoms with Crippen molar-refractivity contribution in [2.75, 3.05) is 0 Å². The number of hydrogen-bond acceptors (Lipinski definition) is 4. The SMILES string of the molecule is O=C([O][Sb]([O]C(=O)C(Cl)(Cl)Cl)([c]1ccccc1)([c]1ccccc1)[c]1ccccc1)C(Cl)(Cl)Cl. The Labute approximate surface area is 222 Å². The van der Waals surface area contributed by atoms with Gasteiger partial charge >= 0.3 is 225 Å². The average Bonchev–Trinajstić information content (AvgIpc) is 2.79. The molecule has 3 aromatic rings. The molecule has 4 nitrogen and oxygen atoms in total. The molecule has 0 N–H and O–H groups in total. The van der Waals surface area contributed by atoms with Gasteiger partial charge in [0.2, 0.25) is 0 Å². The van der Waals surface area contributed by atoms with E-state index in [1.165, 1.54) is 0 Å². The Kier molecular flexibility index (Phi) is 8.13. The molecule has 33 heavy (non-hydrogen) atoms. The normalized spacial score (nSPS) is 13.5. The van der Waals surface area contributed by atoms with E-state index in [1.807, 2.05) is 0 Å². The van der Waals surface area contributed by atoms with Crippen LogP contribution in [-0.2, 0) is 15.6 Å². The number of halogens is 6. The van der Waals surface area contributed by atoms with Gasteiger partial charge in [-0.15, -0.1) is 0 Å². The summed E-state index contributed by atoms with van der Waals surface area (Å²) < 4.78 is 8.45. The van der Waals surface area contributed by atoms with Crippen LogP contribution in [0.15, 0.2) is 91.0 Å². The molecule has 0 amide bonds. The molecule has 0 aliphatic heterocycles. The first-order chi connectivity index (χ1) is 15.4. The van der Waals surface area contributed by atoms with Crippen LogP contribution in [0.1, 0.15) is 0 Å². The van der Waals surface area contributed by atoms with Gasteiger partial charge in [-0.25, -0.2) is 0 Å². The van der Waals surface area contributed by atoms with Crippen LogP contribution in [0.25, 0.3) is 0 Å². The fourth-order valence-electron chi connectivity index (χ4n) is 3.30. The quantitative estimate of drug-likeness (QED) is 0.284. The molecule has 0 spiro atoms. The molecule has 0 heterocycles. The van der Waals surface area contributed by atoms with E-state index < -0.39 is 37.8 Å². The van der Waals surface area contributed by atoms with E-state index in [2.05, 4.69) is 0 Å². The van der Waals surface area contributed by atoms with Crippen LogP contribution < -0.4 is 10.5 Å². The van der Waals surface area contributed by atoms with Crippen molar-refractivity contribution < 1.29 is 15.6 Å². The number of alkyl halides is 6. The van der Waals surface area contributed by atoms with Crippen molar-refractivity contribution in [3.63, 3.8) is 0 Å². The molecule has 0 atom stereocenters. The summed E-state index contributed by atoms with van der Waals surface area (Å²) in [6.45, 7) is 0. The summed E-state index contributed by atoms with van der Waals surface area (Å²) in [5, 5.41) is 0. The number of carbonyl (C=O) groups excluding carboxylic acids is 2. The topological polar surface area (TPSA) is 52.6 Å². The van der Waals surface area contributed by atoms with Crippen LogP contribution in [0.5, 0.6) is 0 Å². The zero-order valence-corrected chi connectivity index (χ0v) is 23.6. The maximum absolute atomic E-state index is 13.2. The molecule has 0 fully saturated rings. The minimum atomic E-state index is -6.23. The molecule has 11 heteroatoms. The summed E-state index contributed by atoms with van der Waals surface area (Å²) in [5.74, 6) is -2.49. The van der Waals surface area contributed by atoms with Crippen molar-refractivity contribution >= 4 is 110 Å². The van der Waals surface area contributed by atoms with E-state index in [-0.39, 0.29) is 0 Å². The Balaban J connectivity index is 2.56. The van der Waals surface area contributed by atoms with E-state index in [1.54, 1.807) is 91.0 Å². The molecular weight excluding hydrogens is 663 g/mol. The third-order valence-corrected chi connectivity index (χ3v) is 19.1. The average molecular weight is 678 g/mol. The molecule has 0 aliphatic carbocycles. The summed E-state index contributed by atoms with van der Waals surface area (Å²) in [6.07, 6.45) is 0. The van der Waals surface area contributed by atoms with Gasteiger partial charge in [-0.05, 0) is 0 Å². The number of benzene rings is 3. The fraction of sp³-hybridized carbons (Fsp3) is 0.0909. The van der Waals surface area contributed by atoms with Gasteiger partial charge in [0.25, 0.3) is 0 Å². The Morgan fingerprint density at radius 3 is 0.970 bits per heavy atom. The predicted octanol–water partition coefficient (Wildman–Crippen LogP) is 4.93. The summed E-state index contributed by atoms with van der Waals surface area (Å²) in [7, 11) is 0. The van der Waals surface area contributed by atoms with Gasteiger partial charge in [-0.2, -0.15) is 0 Å². The van der Waals surface area contributed by atoms with Gasteiger partial charge in [0.15, 0.2) is 0 Å². The zero-order chi connectivity index (χ0) is 24.4. The third-order valence-electron chi connectivity index (χ3n) is 4.65. The first-order valence-electron chi connectivity index (χ1n) is 9.22. The molecule has 174 valence electrons. The standard InChI is InChI=1S/3C6H5.2C2HCl3O2.Sb/c3*1-2-4-6-5-3-1;2*3-2(4,5)1(6)7;/h3*1-5H;2*(H,6,7);/q;;;;;+2/p-2. The summed E-state index contributed by atoms with van der Waals surface area (Å²) >= 11 is 29.2. The van der Waals surface area contributed by atoms with Gasteiger partial charge in [-0.3, -0.25) is 0 Å². The molecule has 0 aromatic heterocycles. The Bertz CT molecular complexity index is 1000. The second kappa shape index (κ2) is 10.0. The summed E-state index contributed by atoms with van der Waals surface area (Å²) in [5.41, 5.74) is 0. The van der Waals surface area contributed by atoms with Crippen LogP contribution in [0.4, 0.5) is 0 Å². The van der Waals surface area contributed by atoms with E-state index in [4.69, 9.17) is 75.6 Å². The van der Waals surface area contributed by atoms with E-state index in [0.717, 1.165) is 0 Å². The predicted molar refractivity (Wildman–Crippen MR) is 137 cm³/mol. The van der Waals surface area contributed by atoms with Gasteiger partial charge in [0, 0.05) is 0 Å². The van der Waals surface area contributed by atoms with Crippen molar-refractivity contribution in [1.29, 1.82) is 0 Å². The second-order valence-electron chi connectivity index (χ2n) is 6.72. The number of rotatable bonds is 5. The molecule has 3 aromatic carbocycles. The van der Waals surface area contributed by atoms with Gasteiger partial charge in [0.1, 0.15) is 0 Å². The van der Waals surface area contributed by atoms with Crippen LogP contribution in [-0.4, -0.2) is 37.8 Å². The van der Waals surface area contributed by atoms with Crippen LogP contribution >= 0.6 is 69.6 Å². The first kappa shape index (κ1) is 26.8. The van der Waals surface area contributed by atoms with E-state index >= 15 is 0 Å². The second-order valence-corrected chi connectivity index (χ2v) is 22.2. The van der Waals surface area contributed by atoms with Crippen LogP contribution in [0, 0.1) is 0 Å². The number of hydrogen-bond donors (Lipinski definition) is 0. The fourth-order valence-corrected chi connectivity index (χ4v) is 17.7. The van der Waals surface area contributed by atoms with Gasteiger partial charge in [-0.1, -0.05) is 0 Å². The van der Waals surface area contributed by atoms with Crippen molar-refractivity contribution in [2.24, 2.45) is 0 Å². The Hall–Kier alpha value is -0.842. The molecule has 0 saturated heterocycles. The molecular formula is C22H15Cl6O4Sb. The molecule has 0 bridgehead atoms. The van der Waals surface area contributed by atoms with Crippen molar-refractivity contribution in [1.82, 2.24) is 0 Å². The van der Waals surface area contributed by atoms with Crippen molar-refractivity contribution in [3.8, 4) is 0 Å². The maximum atomic E-state index is 13.2. The van der Waals surface area contributed by atoms with Crippen LogP contribution in [0.2, 0.25) is 0 Å².